The van der Waals surface area contributed by atoms with Gasteiger partial charge in [0.2, 0.25) is 0 Å². The lowest BCUT2D eigenvalue weighted by atomic mass is 10.1. The molecule has 4 heteroatoms. The molecule has 4 nitrogen and oxygen atoms in total. The first-order valence-electron chi connectivity index (χ1n) is 6.37. The topological polar surface area (TPSA) is 58.6 Å². The standard InChI is InChI=1S/C15H23NO3/c1-10-6-12(3)13(7-11(10)2)19-8-14(18)16-15(4,5)9-17/h6-7,17H,8-9H2,1-5H3,(H,16,18). The Bertz CT molecular complexity index is 467. The molecule has 2 N–H and O–H groups in total. The molecule has 106 valence electrons. The fourth-order valence-corrected chi connectivity index (χ4v) is 1.69. The van der Waals surface area contributed by atoms with Gasteiger partial charge in [0.25, 0.3) is 5.91 Å². The number of rotatable bonds is 5. The molecule has 1 aromatic carbocycles. The minimum Gasteiger partial charge on any atom is -0.483 e. The summed E-state index contributed by atoms with van der Waals surface area (Å²) in [6, 6.07) is 3.98. The molecule has 0 saturated carbocycles. The molecule has 0 aliphatic carbocycles. The summed E-state index contributed by atoms with van der Waals surface area (Å²) in [7, 11) is 0. The first kappa shape index (κ1) is 15.5. The van der Waals surface area contributed by atoms with Crippen molar-refractivity contribution in [2.24, 2.45) is 0 Å². The van der Waals surface area contributed by atoms with Gasteiger partial charge in [-0.2, -0.15) is 0 Å². The van der Waals surface area contributed by atoms with Crippen LogP contribution in [0.25, 0.3) is 0 Å². The van der Waals surface area contributed by atoms with Gasteiger partial charge in [0.05, 0.1) is 12.1 Å². The third-order valence-corrected chi connectivity index (χ3v) is 3.02. The van der Waals surface area contributed by atoms with E-state index in [4.69, 9.17) is 9.84 Å². The third kappa shape index (κ3) is 4.56. The van der Waals surface area contributed by atoms with Gasteiger partial charge in [-0.3, -0.25) is 4.79 Å². The minimum atomic E-state index is -0.626. The van der Waals surface area contributed by atoms with E-state index >= 15 is 0 Å². The van der Waals surface area contributed by atoms with Crippen LogP contribution in [0.15, 0.2) is 12.1 Å². The van der Waals surface area contributed by atoms with E-state index in [-0.39, 0.29) is 19.1 Å². The maximum atomic E-state index is 11.7. The predicted molar refractivity (Wildman–Crippen MR) is 75.5 cm³/mol. The smallest absolute Gasteiger partial charge is 0.258 e. The summed E-state index contributed by atoms with van der Waals surface area (Å²) in [5.74, 6) is 0.483. The largest absolute Gasteiger partial charge is 0.483 e. The Hall–Kier alpha value is -1.55. The van der Waals surface area contributed by atoms with Crippen molar-refractivity contribution in [2.45, 2.75) is 40.2 Å². The van der Waals surface area contributed by atoms with E-state index in [2.05, 4.69) is 5.32 Å². The number of benzene rings is 1. The van der Waals surface area contributed by atoms with Gasteiger partial charge in [0.1, 0.15) is 5.75 Å². The number of nitrogens with one attached hydrogen (secondary N) is 1. The number of carbonyl (C=O) groups is 1. The van der Waals surface area contributed by atoms with Crippen molar-refractivity contribution in [3.63, 3.8) is 0 Å². The molecule has 0 saturated heterocycles. The molecule has 0 unspecified atom stereocenters. The second-order valence-corrected chi connectivity index (χ2v) is 5.58. The molecule has 0 aliphatic heterocycles. The van der Waals surface area contributed by atoms with Crippen LogP contribution >= 0.6 is 0 Å². The molecule has 0 aliphatic rings. The normalized spacial score (nSPS) is 11.3. The monoisotopic (exact) mass is 265 g/mol. The molecule has 1 aromatic rings. The molecule has 0 bridgehead atoms. The van der Waals surface area contributed by atoms with E-state index < -0.39 is 5.54 Å². The van der Waals surface area contributed by atoms with E-state index in [1.165, 1.54) is 5.56 Å². The fraction of sp³-hybridized carbons (Fsp3) is 0.533. The zero-order valence-corrected chi connectivity index (χ0v) is 12.3. The van der Waals surface area contributed by atoms with Crippen molar-refractivity contribution in [1.29, 1.82) is 0 Å². The lowest BCUT2D eigenvalue weighted by Crippen LogP contribution is -2.48. The van der Waals surface area contributed by atoms with E-state index in [0.717, 1.165) is 16.9 Å². The molecule has 0 spiro atoms. The van der Waals surface area contributed by atoms with Gasteiger partial charge < -0.3 is 15.2 Å². The van der Waals surface area contributed by atoms with Crippen LogP contribution in [0.1, 0.15) is 30.5 Å². The van der Waals surface area contributed by atoms with E-state index in [9.17, 15) is 4.79 Å². The van der Waals surface area contributed by atoms with E-state index in [1.807, 2.05) is 32.9 Å². The van der Waals surface area contributed by atoms with Gasteiger partial charge in [0.15, 0.2) is 6.61 Å². The lowest BCUT2D eigenvalue weighted by molar-refractivity contribution is -0.125. The average Bonchev–Trinajstić information content (AvgIpc) is 2.31. The Balaban J connectivity index is 2.63. The Morgan fingerprint density at radius 1 is 1.21 bits per heavy atom. The summed E-state index contributed by atoms with van der Waals surface area (Å²) < 4.78 is 5.53. The summed E-state index contributed by atoms with van der Waals surface area (Å²) in [5, 5.41) is 11.8. The zero-order valence-electron chi connectivity index (χ0n) is 12.3. The number of carbonyl (C=O) groups excluding carboxylic acids is 1. The highest BCUT2D eigenvalue weighted by Gasteiger charge is 2.19. The van der Waals surface area contributed by atoms with Gasteiger partial charge in [-0.05, 0) is 57.4 Å². The number of hydrogen-bond donors (Lipinski definition) is 2. The van der Waals surface area contributed by atoms with Crippen LogP contribution in [0.3, 0.4) is 0 Å². The highest BCUT2D eigenvalue weighted by Crippen LogP contribution is 2.22. The van der Waals surface area contributed by atoms with Crippen LogP contribution in [-0.4, -0.2) is 29.8 Å². The van der Waals surface area contributed by atoms with Crippen molar-refractivity contribution in [3.8, 4) is 5.75 Å². The highest BCUT2D eigenvalue weighted by atomic mass is 16.5. The molecule has 19 heavy (non-hydrogen) atoms. The van der Waals surface area contributed by atoms with Crippen LogP contribution < -0.4 is 10.1 Å². The quantitative estimate of drug-likeness (QED) is 0.854. The number of aliphatic hydroxyl groups is 1. The summed E-state index contributed by atoms with van der Waals surface area (Å²) in [6.07, 6.45) is 0. The number of ether oxygens (including phenoxy) is 1. The second-order valence-electron chi connectivity index (χ2n) is 5.58. The molecule has 1 amide bonds. The molecule has 0 radical (unpaired) electrons. The average molecular weight is 265 g/mol. The van der Waals surface area contributed by atoms with Gasteiger partial charge in [-0.25, -0.2) is 0 Å². The number of aliphatic hydroxyl groups excluding tert-OH is 1. The Labute approximate surface area is 114 Å². The Morgan fingerprint density at radius 2 is 1.79 bits per heavy atom. The Kier molecular flexibility index (Phi) is 4.95. The van der Waals surface area contributed by atoms with Crippen LogP contribution in [0.4, 0.5) is 0 Å². The maximum Gasteiger partial charge on any atom is 0.258 e. The molecule has 0 fully saturated rings. The molecule has 1 rings (SSSR count). The SMILES string of the molecule is Cc1cc(C)c(OCC(=O)NC(C)(C)CO)cc1C. The lowest BCUT2D eigenvalue weighted by Gasteiger charge is -2.23. The molecule has 0 atom stereocenters. The van der Waals surface area contributed by atoms with Crippen molar-refractivity contribution in [3.05, 3.63) is 28.8 Å². The predicted octanol–water partition coefficient (Wildman–Crippen LogP) is 1.88. The van der Waals surface area contributed by atoms with Crippen molar-refractivity contribution in [1.82, 2.24) is 5.32 Å². The molecular formula is C15H23NO3. The number of aryl methyl sites for hydroxylation is 3. The van der Waals surface area contributed by atoms with E-state index in [0.29, 0.717) is 0 Å². The fourth-order valence-electron chi connectivity index (χ4n) is 1.69. The molecule has 0 aromatic heterocycles. The zero-order chi connectivity index (χ0) is 14.6. The minimum absolute atomic E-state index is 0.0488. The summed E-state index contributed by atoms with van der Waals surface area (Å²) in [5.41, 5.74) is 2.73. The summed E-state index contributed by atoms with van der Waals surface area (Å²) >= 11 is 0. The second kappa shape index (κ2) is 6.06. The van der Waals surface area contributed by atoms with Gasteiger partial charge in [-0.15, -0.1) is 0 Å². The van der Waals surface area contributed by atoms with Crippen molar-refractivity contribution < 1.29 is 14.6 Å². The Morgan fingerprint density at radius 3 is 2.37 bits per heavy atom. The van der Waals surface area contributed by atoms with Gasteiger partial charge >= 0.3 is 0 Å². The van der Waals surface area contributed by atoms with Crippen LogP contribution in [-0.2, 0) is 4.79 Å². The highest BCUT2D eigenvalue weighted by molar-refractivity contribution is 5.78. The van der Waals surface area contributed by atoms with E-state index in [1.54, 1.807) is 13.8 Å². The van der Waals surface area contributed by atoms with Crippen LogP contribution in [0.5, 0.6) is 5.75 Å². The van der Waals surface area contributed by atoms with Gasteiger partial charge in [-0.1, -0.05) is 6.07 Å². The summed E-state index contributed by atoms with van der Waals surface area (Å²) in [6.45, 7) is 9.36. The molecular weight excluding hydrogens is 242 g/mol. The van der Waals surface area contributed by atoms with Crippen molar-refractivity contribution >= 4 is 5.91 Å². The third-order valence-electron chi connectivity index (χ3n) is 3.02. The van der Waals surface area contributed by atoms with Crippen LogP contribution in [0, 0.1) is 20.8 Å². The first-order chi connectivity index (χ1) is 8.75. The van der Waals surface area contributed by atoms with Crippen LogP contribution in [0.2, 0.25) is 0 Å². The van der Waals surface area contributed by atoms with Gasteiger partial charge in [0, 0.05) is 0 Å². The number of amides is 1. The van der Waals surface area contributed by atoms with Crippen molar-refractivity contribution in [2.75, 3.05) is 13.2 Å². The summed E-state index contributed by atoms with van der Waals surface area (Å²) in [4.78, 5) is 11.7. The number of hydrogen-bond acceptors (Lipinski definition) is 3. The molecule has 0 heterocycles. The first-order valence-corrected chi connectivity index (χ1v) is 6.37. The maximum absolute atomic E-state index is 11.7.